The zero-order valence-corrected chi connectivity index (χ0v) is 17.3. The number of carbonyl (C=O) groups excluding carboxylic acids is 1. The Balaban J connectivity index is 2.04. The summed E-state index contributed by atoms with van der Waals surface area (Å²) in [5, 5.41) is 5.27. The van der Waals surface area contributed by atoms with Gasteiger partial charge in [-0.25, -0.2) is 13.6 Å². The van der Waals surface area contributed by atoms with Crippen molar-refractivity contribution in [1.82, 2.24) is 0 Å². The van der Waals surface area contributed by atoms with Gasteiger partial charge in [-0.05, 0) is 87.1 Å². The minimum Gasteiger partial charge on any atom is -0.364 e. The van der Waals surface area contributed by atoms with E-state index in [1.54, 1.807) is 19.1 Å². The Hall–Kier alpha value is -2.18. The highest BCUT2D eigenvalue weighted by molar-refractivity contribution is 7.89. The molecular formula is C21H26N2O3S. The number of nitrogens with two attached hydrogens (primary N) is 1. The molecule has 2 aromatic rings. The van der Waals surface area contributed by atoms with E-state index in [2.05, 4.69) is 24.8 Å². The molecule has 1 aliphatic heterocycles. The molecule has 0 bridgehead atoms. The first kappa shape index (κ1) is 19.6. The van der Waals surface area contributed by atoms with Crippen LogP contribution in [0.25, 0.3) is 0 Å². The van der Waals surface area contributed by atoms with Crippen molar-refractivity contribution in [3.8, 4) is 0 Å². The van der Waals surface area contributed by atoms with Gasteiger partial charge in [0, 0.05) is 23.8 Å². The molecule has 5 nitrogen and oxygen atoms in total. The van der Waals surface area contributed by atoms with Crippen molar-refractivity contribution >= 4 is 21.5 Å². The number of benzene rings is 2. The average molecular weight is 387 g/mol. The van der Waals surface area contributed by atoms with Crippen LogP contribution in [-0.4, -0.2) is 20.2 Å². The molecule has 2 aromatic carbocycles. The number of ketones is 1. The van der Waals surface area contributed by atoms with Crippen LogP contribution in [-0.2, 0) is 23.0 Å². The maximum Gasteiger partial charge on any atom is 0.238 e. The molecule has 0 saturated heterocycles. The van der Waals surface area contributed by atoms with Crippen LogP contribution in [0.15, 0.2) is 29.2 Å². The smallest absolute Gasteiger partial charge is 0.238 e. The third-order valence-electron chi connectivity index (χ3n) is 5.55. The molecule has 1 aliphatic rings. The van der Waals surface area contributed by atoms with Gasteiger partial charge in [0.15, 0.2) is 5.78 Å². The molecule has 0 fully saturated rings. The summed E-state index contributed by atoms with van der Waals surface area (Å²) in [6, 6.07) is 7.39. The summed E-state index contributed by atoms with van der Waals surface area (Å²) < 4.78 is 23.3. The molecule has 2 N–H and O–H groups in total. The van der Waals surface area contributed by atoms with Gasteiger partial charge in [0.05, 0.1) is 4.90 Å². The fourth-order valence-corrected chi connectivity index (χ4v) is 4.84. The molecule has 144 valence electrons. The number of sulfonamides is 1. The summed E-state index contributed by atoms with van der Waals surface area (Å²) in [7, 11) is -3.71. The van der Waals surface area contributed by atoms with Crippen molar-refractivity contribution in [3.63, 3.8) is 0 Å². The highest BCUT2D eigenvalue weighted by Crippen LogP contribution is 2.36. The molecule has 0 amide bonds. The molecule has 0 aromatic heterocycles. The van der Waals surface area contributed by atoms with Gasteiger partial charge < -0.3 is 4.90 Å². The van der Waals surface area contributed by atoms with Crippen molar-refractivity contribution in [2.24, 2.45) is 5.14 Å². The number of hydrogen-bond donors (Lipinski definition) is 1. The van der Waals surface area contributed by atoms with Crippen molar-refractivity contribution in [1.29, 1.82) is 0 Å². The van der Waals surface area contributed by atoms with E-state index < -0.39 is 10.0 Å². The predicted octanol–water partition coefficient (Wildman–Crippen LogP) is 3.41. The maximum atomic E-state index is 12.1. The van der Waals surface area contributed by atoms with Crippen molar-refractivity contribution in [2.45, 2.75) is 58.5 Å². The molecule has 0 aliphatic carbocycles. The summed E-state index contributed by atoms with van der Waals surface area (Å²) in [6.07, 6.45) is 0.766. The second kappa shape index (κ2) is 6.77. The van der Waals surface area contributed by atoms with Crippen LogP contribution in [0.4, 0.5) is 5.69 Å². The first-order valence-electron chi connectivity index (χ1n) is 9.03. The predicted molar refractivity (Wildman–Crippen MR) is 108 cm³/mol. The number of hydrogen-bond acceptors (Lipinski definition) is 4. The highest BCUT2D eigenvalue weighted by atomic mass is 32.2. The molecule has 6 heteroatoms. The molecular weight excluding hydrogens is 360 g/mol. The lowest BCUT2D eigenvalue weighted by Gasteiger charge is -2.28. The Kier molecular flexibility index (Phi) is 4.91. The van der Waals surface area contributed by atoms with Gasteiger partial charge in [-0.15, -0.1) is 0 Å². The van der Waals surface area contributed by atoms with Gasteiger partial charge >= 0.3 is 0 Å². The van der Waals surface area contributed by atoms with Gasteiger partial charge in [-0.1, -0.05) is 6.07 Å². The minimum absolute atomic E-state index is 0.0823. The molecule has 0 spiro atoms. The van der Waals surface area contributed by atoms with Gasteiger partial charge in [-0.2, -0.15) is 0 Å². The zero-order chi connectivity index (χ0) is 20.1. The van der Waals surface area contributed by atoms with E-state index in [9.17, 15) is 13.2 Å². The Bertz CT molecular complexity index is 1040. The van der Waals surface area contributed by atoms with Crippen LogP contribution in [0.2, 0.25) is 0 Å². The number of primary sulfonamides is 1. The topological polar surface area (TPSA) is 80.5 Å². The van der Waals surface area contributed by atoms with Gasteiger partial charge in [-0.3, -0.25) is 4.79 Å². The summed E-state index contributed by atoms with van der Waals surface area (Å²) in [6.45, 7) is 10.5. The molecule has 0 saturated carbocycles. The highest BCUT2D eigenvalue weighted by Gasteiger charge is 2.28. The number of rotatable bonds is 4. The van der Waals surface area contributed by atoms with E-state index >= 15 is 0 Å². The molecule has 0 radical (unpaired) electrons. The SMILES string of the molecule is CC(=O)c1c(C)cc(C)c(CN2c3ccc(S(N)(=O)=O)cc3CC2C)c1C. The number of aryl methyl sites for hydroxylation is 2. The number of carbonyl (C=O) groups is 1. The third-order valence-corrected chi connectivity index (χ3v) is 6.46. The minimum atomic E-state index is -3.71. The Labute approximate surface area is 161 Å². The summed E-state index contributed by atoms with van der Waals surface area (Å²) in [5.74, 6) is 0.0823. The van der Waals surface area contributed by atoms with E-state index in [0.717, 1.165) is 45.5 Å². The van der Waals surface area contributed by atoms with E-state index in [1.165, 1.54) is 0 Å². The molecule has 1 heterocycles. The second-order valence-corrected chi connectivity index (χ2v) is 9.12. The van der Waals surface area contributed by atoms with Crippen molar-refractivity contribution in [2.75, 3.05) is 4.90 Å². The van der Waals surface area contributed by atoms with E-state index in [0.29, 0.717) is 6.54 Å². The first-order valence-corrected chi connectivity index (χ1v) is 10.6. The standard InChI is InChI=1S/C21H26N2O3S/c1-12-8-13(2)21(16(5)24)15(4)19(12)11-23-14(3)9-17-10-18(27(22,25)26)6-7-20(17)23/h6-8,10,14H,9,11H2,1-5H3,(H2,22,25,26). The first-order chi connectivity index (χ1) is 12.5. The van der Waals surface area contributed by atoms with E-state index in [-0.39, 0.29) is 16.7 Å². The normalized spacial score (nSPS) is 16.5. The van der Waals surface area contributed by atoms with Crippen molar-refractivity contribution < 1.29 is 13.2 Å². The summed E-state index contributed by atoms with van der Waals surface area (Å²) >= 11 is 0. The van der Waals surface area contributed by atoms with Crippen molar-refractivity contribution in [3.05, 3.63) is 57.6 Å². The molecule has 1 unspecified atom stereocenters. The van der Waals surface area contributed by atoms with E-state index in [1.807, 2.05) is 19.9 Å². The number of fused-ring (bicyclic) bond motifs is 1. The zero-order valence-electron chi connectivity index (χ0n) is 16.5. The van der Waals surface area contributed by atoms with Crippen LogP contribution in [0.5, 0.6) is 0 Å². The Morgan fingerprint density at radius 1 is 1.19 bits per heavy atom. The molecule has 3 rings (SSSR count). The van der Waals surface area contributed by atoms with Crippen LogP contribution in [0, 0.1) is 20.8 Å². The number of nitrogens with zero attached hydrogens (tertiary/aromatic N) is 1. The average Bonchev–Trinajstić information content (AvgIpc) is 2.84. The van der Waals surface area contributed by atoms with Gasteiger partial charge in [0.25, 0.3) is 0 Å². The molecule has 27 heavy (non-hydrogen) atoms. The lowest BCUT2D eigenvalue weighted by molar-refractivity contribution is 0.101. The Morgan fingerprint density at radius 3 is 2.44 bits per heavy atom. The summed E-state index contributed by atoms with van der Waals surface area (Å²) in [4.78, 5) is 14.5. The van der Waals surface area contributed by atoms with Gasteiger partial charge in [0.1, 0.15) is 0 Å². The fraction of sp³-hybridized carbons (Fsp3) is 0.381. The second-order valence-electron chi connectivity index (χ2n) is 7.56. The monoisotopic (exact) mass is 386 g/mol. The van der Waals surface area contributed by atoms with E-state index in [4.69, 9.17) is 5.14 Å². The third kappa shape index (κ3) is 3.51. The maximum absolute atomic E-state index is 12.1. The Morgan fingerprint density at radius 2 is 1.85 bits per heavy atom. The lowest BCUT2D eigenvalue weighted by atomic mass is 9.91. The quantitative estimate of drug-likeness (QED) is 0.817. The van der Waals surface area contributed by atoms with Gasteiger partial charge in [0.2, 0.25) is 10.0 Å². The van der Waals surface area contributed by atoms with Crippen LogP contribution in [0.3, 0.4) is 0 Å². The summed E-state index contributed by atoms with van der Waals surface area (Å²) in [5.41, 5.74) is 7.17. The fourth-order valence-electron chi connectivity index (χ4n) is 4.27. The van der Waals surface area contributed by atoms with Crippen LogP contribution < -0.4 is 10.0 Å². The number of anilines is 1. The molecule has 1 atom stereocenters. The lowest BCUT2D eigenvalue weighted by Crippen LogP contribution is -2.29. The van der Waals surface area contributed by atoms with Crippen LogP contribution in [0.1, 0.15) is 52.0 Å². The number of Topliss-reactive ketones (excluding diaryl/α,β-unsaturated/α-hetero) is 1. The van der Waals surface area contributed by atoms with Crippen LogP contribution >= 0.6 is 0 Å². The largest absolute Gasteiger partial charge is 0.364 e.